The van der Waals surface area contributed by atoms with Crippen molar-refractivity contribution in [3.8, 4) is 16.9 Å². The van der Waals surface area contributed by atoms with Crippen LogP contribution in [0.25, 0.3) is 16.9 Å². The zero-order chi connectivity index (χ0) is 14.7. The molecule has 3 nitrogen and oxygen atoms in total. The van der Waals surface area contributed by atoms with E-state index in [-0.39, 0.29) is 0 Å². The van der Waals surface area contributed by atoms with E-state index >= 15 is 0 Å². The molecule has 0 unspecified atom stereocenters. The smallest absolute Gasteiger partial charge is 0.105 e. The average molecular weight is 299 g/mol. The Morgan fingerprint density at radius 3 is 2.43 bits per heavy atom. The van der Waals surface area contributed by atoms with Gasteiger partial charge in [0, 0.05) is 16.8 Å². The van der Waals surface area contributed by atoms with Crippen molar-refractivity contribution in [1.82, 2.24) is 9.78 Å². The molecule has 3 aromatic rings. The maximum Gasteiger partial charge on any atom is 0.105 e. The summed E-state index contributed by atoms with van der Waals surface area (Å²) in [4.78, 5) is 0. The summed E-state index contributed by atoms with van der Waals surface area (Å²) in [5.74, 6) is 0. The standard InChI is InChI=1S/C17H16ClN3/c1-19-11-14-12-21(16-5-3-2-4-6-16)20-17(14)13-7-9-15(18)10-8-13/h2-10,12,19H,11H2,1H3/p+1. The summed E-state index contributed by atoms with van der Waals surface area (Å²) in [7, 11) is 2.06. The largest absolute Gasteiger partial charge is 0.345 e. The highest BCUT2D eigenvalue weighted by molar-refractivity contribution is 6.30. The van der Waals surface area contributed by atoms with Crippen molar-refractivity contribution in [2.24, 2.45) is 0 Å². The minimum Gasteiger partial charge on any atom is -0.345 e. The van der Waals surface area contributed by atoms with Gasteiger partial charge < -0.3 is 5.32 Å². The molecule has 3 rings (SSSR count). The van der Waals surface area contributed by atoms with Crippen LogP contribution in [0, 0.1) is 0 Å². The molecule has 1 aromatic heterocycles. The van der Waals surface area contributed by atoms with E-state index in [2.05, 4.69) is 30.7 Å². The quantitative estimate of drug-likeness (QED) is 0.789. The first-order valence-corrected chi connectivity index (χ1v) is 7.33. The summed E-state index contributed by atoms with van der Waals surface area (Å²) in [6.45, 7) is 0.894. The predicted molar refractivity (Wildman–Crippen MR) is 85.6 cm³/mol. The van der Waals surface area contributed by atoms with Gasteiger partial charge in [-0.3, -0.25) is 0 Å². The van der Waals surface area contributed by atoms with Crippen molar-refractivity contribution >= 4 is 11.6 Å². The molecule has 4 heteroatoms. The molecule has 0 fully saturated rings. The van der Waals surface area contributed by atoms with Crippen molar-refractivity contribution in [3.05, 3.63) is 71.4 Å². The number of nitrogens with two attached hydrogens (primary N) is 1. The van der Waals surface area contributed by atoms with Crippen LogP contribution in [-0.4, -0.2) is 16.8 Å². The molecule has 0 saturated carbocycles. The van der Waals surface area contributed by atoms with E-state index in [1.165, 1.54) is 5.56 Å². The summed E-state index contributed by atoms with van der Waals surface area (Å²) in [6, 6.07) is 18.0. The monoisotopic (exact) mass is 298 g/mol. The maximum absolute atomic E-state index is 5.97. The van der Waals surface area contributed by atoms with E-state index in [4.69, 9.17) is 16.7 Å². The number of aromatic nitrogens is 2. The summed E-state index contributed by atoms with van der Waals surface area (Å²) in [5.41, 5.74) is 4.37. The lowest BCUT2D eigenvalue weighted by Gasteiger charge is -2.01. The molecule has 0 aliphatic rings. The second-order valence-electron chi connectivity index (χ2n) is 4.90. The molecule has 0 aliphatic carbocycles. The molecule has 2 aromatic carbocycles. The lowest BCUT2D eigenvalue weighted by atomic mass is 10.1. The van der Waals surface area contributed by atoms with Gasteiger partial charge in [0.15, 0.2) is 0 Å². The molecule has 0 saturated heterocycles. The fourth-order valence-corrected chi connectivity index (χ4v) is 2.47. The molecule has 1 heterocycles. The van der Waals surface area contributed by atoms with Crippen LogP contribution in [0.15, 0.2) is 60.8 Å². The first-order chi connectivity index (χ1) is 10.3. The van der Waals surface area contributed by atoms with Gasteiger partial charge in [-0.25, -0.2) is 4.68 Å². The lowest BCUT2D eigenvalue weighted by molar-refractivity contribution is -0.643. The molecule has 0 radical (unpaired) electrons. The van der Waals surface area contributed by atoms with Crippen LogP contribution >= 0.6 is 11.6 Å². The number of hydrogen-bond donors (Lipinski definition) is 1. The van der Waals surface area contributed by atoms with Crippen molar-refractivity contribution in [2.75, 3.05) is 7.05 Å². The number of para-hydroxylation sites is 1. The number of benzene rings is 2. The fourth-order valence-electron chi connectivity index (χ4n) is 2.34. The number of quaternary nitrogens is 1. The Hall–Kier alpha value is -2.10. The van der Waals surface area contributed by atoms with Crippen LogP contribution in [0.3, 0.4) is 0 Å². The van der Waals surface area contributed by atoms with Crippen LogP contribution in [0.1, 0.15) is 5.56 Å². The molecule has 0 aliphatic heterocycles. The number of halogens is 1. The van der Waals surface area contributed by atoms with Gasteiger partial charge in [-0.15, -0.1) is 0 Å². The zero-order valence-corrected chi connectivity index (χ0v) is 12.6. The van der Waals surface area contributed by atoms with E-state index in [1.54, 1.807) is 0 Å². The van der Waals surface area contributed by atoms with Crippen molar-refractivity contribution in [1.29, 1.82) is 0 Å². The van der Waals surface area contributed by atoms with Gasteiger partial charge in [0.25, 0.3) is 0 Å². The third-order valence-electron chi connectivity index (χ3n) is 3.35. The first kappa shape index (κ1) is 13.9. The second kappa shape index (κ2) is 6.12. The molecular formula is C17H17ClN3+. The van der Waals surface area contributed by atoms with Gasteiger partial charge in [-0.05, 0) is 24.3 Å². The highest BCUT2D eigenvalue weighted by Crippen LogP contribution is 2.24. The van der Waals surface area contributed by atoms with Crippen LogP contribution < -0.4 is 5.32 Å². The van der Waals surface area contributed by atoms with Gasteiger partial charge in [0.2, 0.25) is 0 Å². The van der Waals surface area contributed by atoms with Gasteiger partial charge >= 0.3 is 0 Å². The predicted octanol–water partition coefficient (Wildman–Crippen LogP) is 2.89. The minimum atomic E-state index is 0.741. The van der Waals surface area contributed by atoms with E-state index in [9.17, 15) is 0 Å². The zero-order valence-electron chi connectivity index (χ0n) is 11.8. The number of rotatable bonds is 4. The summed E-state index contributed by atoms with van der Waals surface area (Å²) < 4.78 is 1.93. The van der Waals surface area contributed by atoms with E-state index in [1.807, 2.05) is 47.1 Å². The van der Waals surface area contributed by atoms with Crippen molar-refractivity contribution in [3.63, 3.8) is 0 Å². The summed E-state index contributed by atoms with van der Waals surface area (Å²) >= 11 is 5.97. The molecule has 21 heavy (non-hydrogen) atoms. The molecule has 0 bridgehead atoms. The van der Waals surface area contributed by atoms with Crippen LogP contribution in [0.4, 0.5) is 0 Å². The van der Waals surface area contributed by atoms with Crippen LogP contribution in [0.2, 0.25) is 5.02 Å². The summed E-state index contributed by atoms with van der Waals surface area (Å²) in [6.07, 6.45) is 2.10. The average Bonchev–Trinajstić information content (AvgIpc) is 2.93. The van der Waals surface area contributed by atoms with Crippen molar-refractivity contribution < 1.29 is 5.32 Å². The fraction of sp³-hybridized carbons (Fsp3) is 0.118. The lowest BCUT2D eigenvalue weighted by Crippen LogP contribution is -2.77. The third kappa shape index (κ3) is 2.99. The van der Waals surface area contributed by atoms with Crippen LogP contribution in [0.5, 0.6) is 0 Å². The second-order valence-corrected chi connectivity index (χ2v) is 5.34. The van der Waals surface area contributed by atoms with Gasteiger partial charge in [0.1, 0.15) is 12.2 Å². The normalized spacial score (nSPS) is 10.8. The minimum absolute atomic E-state index is 0.741. The topological polar surface area (TPSA) is 34.4 Å². The molecule has 106 valence electrons. The Kier molecular flexibility index (Phi) is 4.04. The van der Waals surface area contributed by atoms with E-state index in [0.29, 0.717) is 0 Å². The molecule has 0 amide bonds. The van der Waals surface area contributed by atoms with E-state index in [0.717, 1.165) is 28.5 Å². The van der Waals surface area contributed by atoms with Gasteiger partial charge in [-0.1, -0.05) is 41.9 Å². The van der Waals surface area contributed by atoms with Gasteiger partial charge in [-0.2, -0.15) is 5.10 Å². The molecular weight excluding hydrogens is 282 g/mol. The Labute approximate surface area is 129 Å². The Morgan fingerprint density at radius 1 is 1.05 bits per heavy atom. The van der Waals surface area contributed by atoms with Crippen molar-refractivity contribution in [2.45, 2.75) is 6.54 Å². The van der Waals surface area contributed by atoms with E-state index < -0.39 is 0 Å². The number of hydrogen-bond acceptors (Lipinski definition) is 1. The SMILES string of the molecule is C[NH2+]Cc1cn(-c2ccccc2)nc1-c1ccc(Cl)cc1. The maximum atomic E-state index is 5.97. The Morgan fingerprint density at radius 2 is 1.76 bits per heavy atom. The molecule has 0 atom stereocenters. The first-order valence-electron chi connectivity index (χ1n) is 6.95. The third-order valence-corrected chi connectivity index (χ3v) is 3.60. The highest BCUT2D eigenvalue weighted by Gasteiger charge is 2.12. The Balaban J connectivity index is 2.06. The summed E-state index contributed by atoms with van der Waals surface area (Å²) in [5, 5.41) is 7.64. The Bertz CT molecular complexity index is 718. The molecule has 0 spiro atoms. The molecule has 2 N–H and O–H groups in total. The van der Waals surface area contributed by atoms with Crippen LogP contribution in [-0.2, 0) is 6.54 Å². The van der Waals surface area contributed by atoms with Gasteiger partial charge in [0.05, 0.1) is 18.3 Å². The highest BCUT2D eigenvalue weighted by atomic mass is 35.5. The number of nitrogens with zero attached hydrogens (tertiary/aromatic N) is 2.